The summed E-state index contributed by atoms with van der Waals surface area (Å²) in [6, 6.07) is 0. The number of rotatable bonds is 4. The molecule has 26 heavy (non-hydrogen) atoms. The second-order valence-corrected chi connectivity index (χ2v) is 5.76. The van der Waals surface area contributed by atoms with E-state index in [-0.39, 0.29) is 22.9 Å². The second-order valence-electron chi connectivity index (χ2n) is 5.76. The van der Waals surface area contributed by atoms with Crippen LogP contribution in [0.5, 0.6) is 0 Å². The topological polar surface area (TPSA) is 151 Å². The van der Waals surface area contributed by atoms with Crippen molar-refractivity contribution in [1.29, 1.82) is 0 Å². The van der Waals surface area contributed by atoms with E-state index in [1.54, 1.807) is 0 Å². The van der Waals surface area contributed by atoms with Gasteiger partial charge in [-0.15, -0.1) is 0 Å². The number of nitrogens with one attached hydrogen (secondary N) is 2. The molecule has 3 rings (SSSR count). The van der Waals surface area contributed by atoms with Gasteiger partial charge in [0, 0.05) is 13.8 Å². The molecule has 140 valence electrons. The van der Waals surface area contributed by atoms with E-state index in [4.69, 9.17) is 4.74 Å². The Labute approximate surface area is 146 Å². The van der Waals surface area contributed by atoms with Crippen LogP contribution in [0.25, 0.3) is 11.2 Å². The molecule has 12 heteroatoms. The van der Waals surface area contributed by atoms with Crippen molar-refractivity contribution < 1.29 is 28.9 Å². The number of amides is 2. The van der Waals surface area contributed by atoms with Crippen molar-refractivity contribution in [2.45, 2.75) is 38.5 Å². The fraction of sp³-hybridized carbons (Fsp3) is 0.500. The molecule has 11 nitrogen and oxygen atoms in total. The average Bonchev–Trinajstić information content (AvgIpc) is 3.09. The maximum atomic E-state index is 14.4. The van der Waals surface area contributed by atoms with E-state index in [1.807, 2.05) is 0 Å². The number of alkyl halides is 1. The highest BCUT2D eigenvalue weighted by atomic mass is 19.1. The molecule has 0 saturated carbocycles. The van der Waals surface area contributed by atoms with Crippen LogP contribution in [0.2, 0.25) is 0 Å². The molecule has 1 aliphatic rings. The van der Waals surface area contributed by atoms with Crippen LogP contribution in [0, 0.1) is 0 Å². The van der Waals surface area contributed by atoms with E-state index in [1.165, 1.54) is 24.7 Å². The van der Waals surface area contributed by atoms with Crippen LogP contribution in [-0.4, -0.2) is 66.5 Å². The summed E-state index contributed by atoms with van der Waals surface area (Å²) in [7, 11) is 0. The summed E-state index contributed by atoms with van der Waals surface area (Å²) in [4.78, 5) is 34.9. The molecule has 0 bridgehead atoms. The zero-order chi connectivity index (χ0) is 19.0. The molecule has 0 spiro atoms. The predicted octanol–water partition coefficient (Wildman–Crippen LogP) is -0.668. The average molecular weight is 368 g/mol. The quantitative estimate of drug-likeness (QED) is 0.555. The number of nitrogens with zero attached hydrogens (tertiary/aromatic N) is 4. The largest absolute Gasteiger partial charge is 0.394 e. The Morgan fingerprint density at radius 2 is 2.00 bits per heavy atom. The number of aliphatic hydroxyl groups is 2. The Hall–Kier alpha value is -2.70. The molecule has 0 aliphatic carbocycles. The lowest BCUT2D eigenvalue weighted by Gasteiger charge is -2.15. The fourth-order valence-electron chi connectivity index (χ4n) is 2.65. The summed E-state index contributed by atoms with van der Waals surface area (Å²) in [6.07, 6.45) is -4.54. The predicted molar refractivity (Wildman–Crippen MR) is 85.8 cm³/mol. The molecule has 0 aromatic carbocycles. The van der Waals surface area contributed by atoms with E-state index in [2.05, 4.69) is 25.6 Å². The lowest BCUT2D eigenvalue weighted by Crippen LogP contribution is -2.30. The number of imidazole rings is 1. The van der Waals surface area contributed by atoms with Crippen LogP contribution in [0.4, 0.5) is 16.2 Å². The van der Waals surface area contributed by atoms with Crippen molar-refractivity contribution >= 4 is 34.7 Å². The zero-order valence-electron chi connectivity index (χ0n) is 13.9. The van der Waals surface area contributed by atoms with Crippen LogP contribution >= 0.6 is 0 Å². The van der Waals surface area contributed by atoms with Crippen molar-refractivity contribution in [1.82, 2.24) is 19.5 Å². The Balaban J connectivity index is 2.09. The Bertz CT molecular complexity index is 858. The first kappa shape index (κ1) is 18.1. The van der Waals surface area contributed by atoms with Gasteiger partial charge in [0.15, 0.2) is 29.4 Å². The molecule has 2 aromatic heterocycles. The molecule has 3 heterocycles. The fourth-order valence-corrected chi connectivity index (χ4v) is 2.65. The van der Waals surface area contributed by atoms with E-state index in [0.717, 1.165) is 0 Å². The van der Waals surface area contributed by atoms with E-state index in [0.29, 0.717) is 0 Å². The molecule has 1 saturated heterocycles. The van der Waals surface area contributed by atoms with Gasteiger partial charge < -0.3 is 20.3 Å². The van der Waals surface area contributed by atoms with Crippen molar-refractivity contribution in [2.24, 2.45) is 0 Å². The first-order chi connectivity index (χ1) is 12.3. The van der Waals surface area contributed by atoms with Crippen molar-refractivity contribution in [3.8, 4) is 0 Å². The maximum absolute atomic E-state index is 14.4. The van der Waals surface area contributed by atoms with Gasteiger partial charge in [0.2, 0.25) is 17.8 Å². The number of carbonyl (C=O) groups excluding carboxylic acids is 2. The van der Waals surface area contributed by atoms with E-state index >= 15 is 0 Å². The number of anilines is 2. The molecule has 0 radical (unpaired) electrons. The minimum absolute atomic E-state index is 0.0256. The molecular weight excluding hydrogens is 351 g/mol. The number of carbonyl (C=O) groups is 2. The van der Waals surface area contributed by atoms with Crippen LogP contribution in [0.1, 0.15) is 20.1 Å². The summed E-state index contributed by atoms with van der Waals surface area (Å²) in [6.45, 7) is 1.96. The molecule has 4 atom stereocenters. The van der Waals surface area contributed by atoms with Crippen LogP contribution in [0.15, 0.2) is 6.33 Å². The standard InChI is InChI=1S/C14H17FN6O5/c1-5(23)17-11-9-12(20-14(19-11)18-6(2)24)21(4-16-9)13-8(15)10(25)7(3-22)26-13/h4,7-8,10,13,22,25H,3H2,1-2H3,(H2,17,18,19,20,23,24)/t7-,8-,10-,13-/m1/s1. The number of hydrogen-bond donors (Lipinski definition) is 4. The van der Waals surface area contributed by atoms with Crippen LogP contribution in [-0.2, 0) is 14.3 Å². The number of ether oxygens (including phenoxy) is 1. The Morgan fingerprint density at radius 1 is 1.31 bits per heavy atom. The Kier molecular flexibility index (Phi) is 4.80. The van der Waals surface area contributed by atoms with Crippen molar-refractivity contribution in [3.63, 3.8) is 0 Å². The molecule has 2 aromatic rings. The van der Waals surface area contributed by atoms with Crippen LogP contribution in [0.3, 0.4) is 0 Å². The summed E-state index contributed by atoms with van der Waals surface area (Å²) in [5.41, 5.74) is 0.220. The van der Waals surface area contributed by atoms with E-state index < -0.39 is 43.0 Å². The molecule has 4 N–H and O–H groups in total. The monoisotopic (exact) mass is 368 g/mol. The number of fused-ring (bicyclic) bond motifs is 1. The summed E-state index contributed by atoms with van der Waals surface area (Å²) >= 11 is 0. The molecular formula is C14H17FN6O5. The number of halogens is 1. The third-order valence-corrected chi connectivity index (χ3v) is 3.75. The van der Waals surface area contributed by atoms with Crippen molar-refractivity contribution in [2.75, 3.05) is 17.2 Å². The number of aliphatic hydroxyl groups excluding tert-OH is 2. The van der Waals surface area contributed by atoms with Gasteiger partial charge >= 0.3 is 0 Å². The van der Waals surface area contributed by atoms with Crippen LogP contribution < -0.4 is 10.6 Å². The van der Waals surface area contributed by atoms with Gasteiger partial charge in [-0.1, -0.05) is 0 Å². The van der Waals surface area contributed by atoms with Gasteiger partial charge in [0.1, 0.15) is 12.2 Å². The van der Waals surface area contributed by atoms with Gasteiger partial charge in [-0.05, 0) is 0 Å². The maximum Gasteiger partial charge on any atom is 0.233 e. The van der Waals surface area contributed by atoms with Gasteiger partial charge in [-0.2, -0.15) is 9.97 Å². The summed E-state index contributed by atoms with van der Waals surface area (Å²) in [5, 5.41) is 23.8. The third-order valence-electron chi connectivity index (χ3n) is 3.75. The van der Waals surface area contributed by atoms with Gasteiger partial charge in [-0.3, -0.25) is 19.5 Å². The first-order valence-corrected chi connectivity index (χ1v) is 7.70. The number of hydrogen-bond acceptors (Lipinski definition) is 8. The highest BCUT2D eigenvalue weighted by Crippen LogP contribution is 2.34. The minimum atomic E-state index is -1.84. The molecule has 1 fully saturated rings. The Morgan fingerprint density at radius 3 is 2.58 bits per heavy atom. The lowest BCUT2D eigenvalue weighted by atomic mass is 10.1. The SMILES string of the molecule is CC(=O)Nc1nc(NC(C)=O)c2ncn([C@@H]3O[C@H](CO)[C@@H](O)[C@H]3F)c2n1. The minimum Gasteiger partial charge on any atom is -0.394 e. The normalized spacial score (nSPS) is 25.4. The number of aromatic nitrogens is 4. The molecule has 0 unspecified atom stereocenters. The second kappa shape index (κ2) is 6.90. The van der Waals surface area contributed by atoms with Gasteiger partial charge in [0.25, 0.3) is 0 Å². The summed E-state index contributed by atoms with van der Waals surface area (Å²) in [5.74, 6) is -0.967. The lowest BCUT2D eigenvalue weighted by molar-refractivity contribution is -0.115. The van der Waals surface area contributed by atoms with Crippen molar-refractivity contribution in [3.05, 3.63) is 6.33 Å². The highest BCUT2D eigenvalue weighted by molar-refractivity contribution is 5.97. The van der Waals surface area contributed by atoms with E-state index in [9.17, 15) is 24.2 Å². The molecule has 1 aliphatic heterocycles. The highest BCUT2D eigenvalue weighted by Gasteiger charge is 2.45. The zero-order valence-corrected chi connectivity index (χ0v) is 13.9. The van der Waals surface area contributed by atoms with Gasteiger partial charge in [-0.25, -0.2) is 9.37 Å². The third kappa shape index (κ3) is 3.21. The first-order valence-electron chi connectivity index (χ1n) is 7.70. The molecule has 2 amide bonds. The smallest absolute Gasteiger partial charge is 0.233 e. The van der Waals surface area contributed by atoms with Gasteiger partial charge in [0.05, 0.1) is 12.9 Å². The summed E-state index contributed by atoms with van der Waals surface area (Å²) < 4.78 is 21.0.